The van der Waals surface area contributed by atoms with Gasteiger partial charge in [0.05, 0.1) is 7.11 Å². The van der Waals surface area contributed by atoms with Crippen LogP contribution in [0.25, 0.3) is 11.1 Å². The fourth-order valence-electron chi connectivity index (χ4n) is 3.55. The third-order valence-electron chi connectivity index (χ3n) is 4.85. The molecule has 3 N–H and O–H groups in total. The summed E-state index contributed by atoms with van der Waals surface area (Å²) in [7, 11) is 1.66. The SMILES string of the molecule is COc1ccccc1-c1cccc(NC(=O)[C@@H]2CCC[C@@H]2CN)c1.Cl. The van der Waals surface area contributed by atoms with Gasteiger partial charge in [0.25, 0.3) is 0 Å². The smallest absolute Gasteiger partial charge is 0.227 e. The predicted octanol–water partition coefficient (Wildman–Crippen LogP) is 4.10. The molecule has 2 atom stereocenters. The fraction of sp³-hybridized carbons (Fsp3) is 0.350. The molecule has 1 aliphatic rings. The van der Waals surface area contributed by atoms with Crippen molar-refractivity contribution in [2.75, 3.05) is 19.0 Å². The number of nitrogens with one attached hydrogen (secondary N) is 1. The number of halogens is 1. The molecule has 2 aromatic carbocycles. The van der Waals surface area contributed by atoms with E-state index in [9.17, 15) is 4.79 Å². The van der Waals surface area contributed by atoms with E-state index in [1.165, 1.54) is 0 Å². The molecule has 3 rings (SSSR count). The van der Waals surface area contributed by atoms with Gasteiger partial charge in [-0.05, 0) is 49.1 Å². The molecule has 0 saturated heterocycles. The Morgan fingerprint density at radius 3 is 2.76 bits per heavy atom. The van der Waals surface area contributed by atoms with E-state index in [1.54, 1.807) is 7.11 Å². The number of carbonyl (C=O) groups is 1. The number of carbonyl (C=O) groups excluding carboxylic acids is 1. The van der Waals surface area contributed by atoms with Crippen LogP contribution in [0.3, 0.4) is 0 Å². The normalized spacial score (nSPS) is 19.1. The van der Waals surface area contributed by atoms with Crippen LogP contribution < -0.4 is 15.8 Å². The summed E-state index contributed by atoms with van der Waals surface area (Å²) >= 11 is 0. The fourth-order valence-corrected chi connectivity index (χ4v) is 3.55. The van der Waals surface area contributed by atoms with Gasteiger partial charge in [-0.3, -0.25) is 4.79 Å². The number of nitrogens with two attached hydrogens (primary N) is 1. The van der Waals surface area contributed by atoms with Crippen LogP contribution in [0.15, 0.2) is 48.5 Å². The Morgan fingerprint density at radius 2 is 2.00 bits per heavy atom. The molecule has 0 aliphatic heterocycles. The minimum Gasteiger partial charge on any atom is -0.496 e. The molecule has 134 valence electrons. The van der Waals surface area contributed by atoms with Crippen LogP contribution in [-0.4, -0.2) is 19.6 Å². The van der Waals surface area contributed by atoms with Crippen molar-refractivity contribution in [3.05, 3.63) is 48.5 Å². The molecule has 0 unspecified atom stereocenters. The zero-order valence-electron chi connectivity index (χ0n) is 14.4. The third kappa shape index (κ3) is 4.33. The number of benzene rings is 2. The van der Waals surface area contributed by atoms with Gasteiger partial charge in [0.15, 0.2) is 0 Å². The number of amides is 1. The van der Waals surface area contributed by atoms with Crippen molar-refractivity contribution in [3.63, 3.8) is 0 Å². The van der Waals surface area contributed by atoms with Crippen LogP contribution >= 0.6 is 12.4 Å². The first kappa shape index (κ1) is 19.3. The van der Waals surface area contributed by atoms with E-state index in [0.717, 1.165) is 41.8 Å². The Labute approximate surface area is 155 Å². The molecule has 1 aliphatic carbocycles. The lowest BCUT2D eigenvalue weighted by molar-refractivity contribution is -0.120. The van der Waals surface area contributed by atoms with Crippen molar-refractivity contribution in [3.8, 4) is 16.9 Å². The second-order valence-corrected chi connectivity index (χ2v) is 6.30. The van der Waals surface area contributed by atoms with Crippen molar-refractivity contribution in [1.29, 1.82) is 0 Å². The Balaban J connectivity index is 0.00000225. The van der Waals surface area contributed by atoms with Gasteiger partial charge in [0, 0.05) is 17.2 Å². The second kappa shape index (κ2) is 8.88. The van der Waals surface area contributed by atoms with Crippen LogP contribution in [0.1, 0.15) is 19.3 Å². The molecular formula is C20H25ClN2O2. The Bertz CT molecular complexity index is 720. The van der Waals surface area contributed by atoms with E-state index >= 15 is 0 Å². The van der Waals surface area contributed by atoms with Crippen LogP contribution in [-0.2, 0) is 4.79 Å². The van der Waals surface area contributed by atoms with Gasteiger partial charge in [-0.1, -0.05) is 36.8 Å². The maximum atomic E-state index is 12.6. The molecule has 0 aromatic heterocycles. The maximum absolute atomic E-state index is 12.6. The standard InChI is InChI=1S/C20H24N2O2.ClH/c1-24-19-11-3-2-9-17(19)14-6-4-8-16(12-14)22-20(23)18-10-5-7-15(18)13-21;/h2-4,6,8-9,11-12,15,18H,5,7,10,13,21H2,1H3,(H,22,23);1H/t15-,18-;/m1./s1. The summed E-state index contributed by atoms with van der Waals surface area (Å²) in [5, 5.41) is 3.06. The summed E-state index contributed by atoms with van der Waals surface area (Å²) in [6.45, 7) is 0.583. The number of rotatable bonds is 5. The molecule has 5 heteroatoms. The van der Waals surface area contributed by atoms with Gasteiger partial charge in [-0.15, -0.1) is 12.4 Å². The lowest BCUT2D eigenvalue weighted by Crippen LogP contribution is -2.29. The van der Waals surface area contributed by atoms with Gasteiger partial charge in [-0.2, -0.15) is 0 Å². The van der Waals surface area contributed by atoms with Crippen molar-refractivity contribution in [1.82, 2.24) is 0 Å². The van der Waals surface area contributed by atoms with E-state index in [-0.39, 0.29) is 24.2 Å². The lowest BCUT2D eigenvalue weighted by atomic mass is 9.95. The highest BCUT2D eigenvalue weighted by molar-refractivity contribution is 5.93. The number of hydrogen-bond acceptors (Lipinski definition) is 3. The quantitative estimate of drug-likeness (QED) is 0.843. The van der Waals surface area contributed by atoms with Crippen molar-refractivity contribution in [2.45, 2.75) is 19.3 Å². The summed E-state index contributed by atoms with van der Waals surface area (Å²) in [5.41, 5.74) is 8.64. The van der Waals surface area contributed by atoms with Crippen LogP contribution in [0.5, 0.6) is 5.75 Å². The zero-order chi connectivity index (χ0) is 16.9. The summed E-state index contributed by atoms with van der Waals surface area (Å²) in [6, 6.07) is 15.8. The van der Waals surface area contributed by atoms with E-state index in [2.05, 4.69) is 5.32 Å². The van der Waals surface area contributed by atoms with Crippen LogP contribution in [0.2, 0.25) is 0 Å². The first-order valence-corrected chi connectivity index (χ1v) is 8.47. The van der Waals surface area contributed by atoms with Gasteiger partial charge in [0.1, 0.15) is 5.75 Å². The molecule has 0 spiro atoms. The van der Waals surface area contributed by atoms with Crippen LogP contribution in [0, 0.1) is 11.8 Å². The molecule has 0 heterocycles. The van der Waals surface area contributed by atoms with E-state index in [4.69, 9.17) is 10.5 Å². The number of anilines is 1. The molecule has 2 aromatic rings. The highest BCUT2D eigenvalue weighted by atomic mass is 35.5. The Kier molecular flexibility index (Phi) is 6.85. The molecule has 1 fully saturated rings. The Hall–Kier alpha value is -2.04. The van der Waals surface area contributed by atoms with Crippen LogP contribution in [0.4, 0.5) is 5.69 Å². The maximum Gasteiger partial charge on any atom is 0.227 e. The largest absolute Gasteiger partial charge is 0.496 e. The third-order valence-corrected chi connectivity index (χ3v) is 4.85. The molecule has 0 bridgehead atoms. The first-order valence-electron chi connectivity index (χ1n) is 8.47. The molecule has 4 nitrogen and oxygen atoms in total. The van der Waals surface area contributed by atoms with Gasteiger partial charge < -0.3 is 15.8 Å². The van der Waals surface area contributed by atoms with E-state index in [1.807, 2.05) is 48.5 Å². The summed E-state index contributed by atoms with van der Waals surface area (Å²) < 4.78 is 5.43. The average Bonchev–Trinajstić information content (AvgIpc) is 3.11. The topological polar surface area (TPSA) is 64.3 Å². The van der Waals surface area contributed by atoms with Crippen molar-refractivity contribution < 1.29 is 9.53 Å². The minimum atomic E-state index is 0. The summed E-state index contributed by atoms with van der Waals surface area (Å²) in [6.07, 6.45) is 3.07. The Morgan fingerprint density at radius 1 is 1.20 bits per heavy atom. The molecule has 25 heavy (non-hydrogen) atoms. The first-order chi connectivity index (χ1) is 11.7. The van der Waals surface area contributed by atoms with Gasteiger partial charge in [-0.25, -0.2) is 0 Å². The van der Waals surface area contributed by atoms with E-state index < -0.39 is 0 Å². The number of para-hydroxylation sites is 1. The van der Waals surface area contributed by atoms with E-state index in [0.29, 0.717) is 12.5 Å². The highest BCUT2D eigenvalue weighted by Gasteiger charge is 2.31. The lowest BCUT2D eigenvalue weighted by Gasteiger charge is -2.18. The summed E-state index contributed by atoms with van der Waals surface area (Å²) in [5.74, 6) is 1.24. The molecule has 1 amide bonds. The van der Waals surface area contributed by atoms with Crippen molar-refractivity contribution in [2.24, 2.45) is 17.6 Å². The number of methoxy groups -OCH3 is 1. The molecule has 1 saturated carbocycles. The van der Waals surface area contributed by atoms with Gasteiger partial charge >= 0.3 is 0 Å². The number of ether oxygens (including phenoxy) is 1. The summed E-state index contributed by atoms with van der Waals surface area (Å²) in [4.78, 5) is 12.6. The predicted molar refractivity (Wildman–Crippen MR) is 104 cm³/mol. The highest BCUT2D eigenvalue weighted by Crippen LogP contribution is 2.33. The minimum absolute atomic E-state index is 0. The van der Waals surface area contributed by atoms with Crippen molar-refractivity contribution >= 4 is 24.0 Å². The molecule has 0 radical (unpaired) electrons. The average molecular weight is 361 g/mol. The zero-order valence-corrected chi connectivity index (χ0v) is 15.2. The van der Waals surface area contributed by atoms with Gasteiger partial charge in [0.2, 0.25) is 5.91 Å². The molecular weight excluding hydrogens is 336 g/mol. The monoisotopic (exact) mass is 360 g/mol. The number of hydrogen-bond donors (Lipinski definition) is 2. The second-order valence-electron chi connectivity index (χ2n) is 6.30.